The molecule has 7 heteroatoms. The van der Waals surface area contributed by atoms with E-state index in [-0.39, 0.29) is 5.91 Å². The van der Waals surface area contributed by atoms with Crippen molar-refractivity contribution in [1.82, 2.24) is 20.0 Å². The van der Waals surface area contributed by atoms with Crippen molar-refractivity contribution in [3.05, 3.63) is 41.8 Å². The number of hydrogen-bond donors (Lipinski definition) is 0. The molecule has 0 spiro atoms. The van der Waals surface area contributed by atoms with Gasteiger partial charge in [-0.3, -0.25) is 9.78 Å². The second-order valence-electron chi connectivity index (χ2n) is 6.79. The summed E-state index contributed by atoms with van der Waals surface area (Å²) in [6, 6.07) is 3.60. The third-order valence-electron chi connectivity index (χ3n) is 5.01. The number of carbonyl (C=O) groups excluding carboxylic acids is 1. The lowest BCUT2D eigenvalue weighted by molar-refractivity contribution is 0.0778. The molecule has 2 aliphatic heterocycles. The molecule has 4 heterocycles. The number of ether oxygens (including phenoxy) is 1. The van der Waals surface area contributed by atoms with Gasteiger partial charge in [-0.1, -0.05) is 5.16 Å². The molecule has 0 aliphatic carbocycles. The van der Waals surface area contributed by atoms with E-state index < -0.39 is 0 Å². The molecule has 1 unspecified atom stereocenters. The van der Waals surface area contributed by atoms with Crippen LogP contribution in [0.15, 0.2) is 29.0 Å². The lowest BCUT2D eigenvalue weighted by atomic mass is 10.0. The monoisotopic (exact) mass is 342 g/mol. The van der Waals surface area contributed by atoms with Gasteiger partial charge in [0.25, 0.3) is 5.91 Å². The van der Waals surface area contributed by atoms with Crippen LogP contribution in [0.4, 0.5) is 0 Å². The van der Waals surface area contributed by atoms with Crippen LogP contribution in [-0.2, 0) is 11.2 Å². The molecule has 1 atom stereocenters. The quantitative estimate of drug-likeness (QED) is 0.846. The summed E-state index contributed by atoms with van der Waals surface area (Å²) in [6.45, 7) is 3.02. The summed E-state index contributed by atoms with van der Waals surface area (Å²) in [5.74, 6) is 2.23. The Hall–Kier alpha value is -2.28. The second kappa shape index (κ2) is 7.31. The first-order valence-electron chi connectivity index (χ1n) is 8.89. The molecule has 7 nitrogen and oxygen atoms in total. The van der Waals surface area contributed by atoms with Gasteiger partial charge in [0.2, 0.25) is 5.89 Å². The molecule has 25 heavy (non-hydrogen) atoms. The zero-order valence-electron chi connectivity index (χ0n) is 14.1. The molecule has 4 rings (SSSR count). The molecule has 2 aromatic rings. The van der Waals surface area contributed by atoms with Crippen molar-refractivity contribution in [1.29, 1.82) is 0 Å². The second-order valence-corrected chi connectivity index (χ2v) is 6.79. The van der Waals surface area contributed by atoms with E-state index in [0.717, 1.165) is 63.7 Å². The maximum Gasteiger partial charge on any atom is 0.255 e. The highest BCUT2D eigenvalue weighted by Crippen LogP contribution is 2.27. The van der Waals surface area contributed by atoms with Crippen LogP contribution in [0.5, 0.6) is 0 Å². The van der Waals surface area contributed by atoms with Gasteiger partial charge in [-0.25, -0.2) is 0 Å². The van der Waals surface area contributed by atoms with Gasteiger partial charge in [-0.05, 0) is 37.3 Å². The van der Waals surface area contributed by atoms with E-state index in [1.165, 1.54) is 0 Å². The fraction of sp³-hybridized carbons (Fsp3) is 0.556. The Morgan fingerprint density at radius 2 is 2.16 bits per heavy atom. The molecule has 2 aliphatic rings. The highest BCUT2D eigenvalue weighted by molar-refractivity contribution is 5.94. The van der Waals surface area contributed by atoms with Gasteiger partial charge in [-0.15, -0.1) is 0 Å². The molecular weight excluding hydrogens is 320 g/mol. The van der Waals surface area contributed by atoms with E-state index in [2.05, 4.69) is 15.1 Å². The minimum absolute atomic E-state index is 0.0478. The van der Waals surface area contributed by atoms with Crippen molar-refractivity contribution in [2.45, 2.75) is 31.6 Å². The third kappa shape index (κ3) is 3.71. The van der Waals surface area contributed by atoms with Gasteiger partial charge in [0.05, 0.1) is 5.56 Å². The van der Waals surface area contributed by atoms with E-state index in [0.29, 0.717) is 17.4 Å². The molecule has 132 valence electrons. The Morgan fingerprint density at radius 1 is 1.28 bits per heavy atom. The minimum atomic E-state index is 0.0478. The molecular formula is C18H22N4O3. The van der Waals surface area contributed by atoms with Crippen molar-refractivity contribution in [3.63, 3.8) is 0 Å². The number of carbonyl (C=O) groups is 1. The van der Waals surface area contributed by atoms with Gasteiger partial charge < -0.3 is 14.2 Å². The highest BCUT2D eigenvalue weighted by atomic mass is 16.5. The van der Waals surface area contributed by atoms with Crippen LogP contribution in [0, 0.1) is 5.92 Å². The van der Waals surface area contributed by atoms with Crippen molar-refractivity contribution < 1.29 is 14.1 Å². The third-order valence-corrected chi connectivity index (χ3v) is 5.01. The van der Waals surface area contributed by atoms with Crippen LogP contribution in [0.25, 0.3) is 0 Å². The lowest BCUT2D eigenvalue weighted by Crippen LogP contribution is -2.29. The van der Waals surface area contributed by atoms with E-state index >= 15 is 0 Å². The Labute approximate surface area is 146 Å². The van der Waals surface area contributed by atoms with Crippen LogP contribution in [-0.4, -0.2) is 52.2 Å². The predicted octanol–water partition coefficient (Wildman–Crippen LogP) is 2.06. The van der Waals surface area contributed by atoms with Gasteiger partial charge in [0, 0.05) is 51.0 Å². The standard InChI is InChI=1S/C18H22N4O3/c23-18(15-2-1-6-19-11-15)22-7-3-13(12-22)10-16-20-17(25-21-16)14-4-8-24-9-5-14/h1-2,6,11,13-14H,3-5,7-10,12H2. The number of rotatable bonds is 4. The molecule has 2 saturated heterocycles. The van der Waals surface area contributed by atoms with E-state index in [1.54, 1.807) is 18.5 Å². The normalized spacial score (nSPS) is 21.6. The maximum absolute atomic E-state index is 12.5. The van der Waals surface area contributed by atoms with Crippen LogP contribution >= 0.6 is 0 Å². The van der Waals surface area contributed by atoms with Crippen LogP contribution in [0.3, 0.4) is 0 Å². The van der Waals surface area contributed by atoms with Crippen LogP contribution < -0.4 is 0 Å². The number of likely N-dealkylation sites (tertiary alicyclic amines) is 1. The fourth-order valence-corrected chi connectivity index (χ4v) is 3.57. The largest absolute Gasteiger partial charge is 0.381 e. The Balaban J connectivity index is 1.33. The molecule has 2 fully saturated rings. The van der Waals surface area contributed by atoms with Crippen LogP contribution in [0.1, 0.15) is 47.3 Å². The van der Waals surface area contributed by atoms with Crippen molar-refractivity contribution in [2.24, 2.45) is 5.92 Å². The summed E-state index contributed by atoms with van der Waals surface area (Å²) in [6.07, 6.45) is 6.90. The predicted molar refractivity (Wildman–Crippen MR) is 89.0 cm³/mol. The van der Waals surface area contributed by atoms with Crippen molar-refractivity contribution in [3.8, 4) is 0 Å². The summed E-state index contributed by atoms with van der Waals surface area (Å²) < 4.78 is 10.8. The zero-order chi connectivity index (χ0) is 17.1. The van der Waals surface area contributed by atoms with Gasteiger partial charge >= 0.3 is 0 Å². The number of amides is 1. The first kappa shape index (κ1) is 16.2. The average molecular weight is 342 g/mol. The maximum atomic E-state index is 12.5. The van der Waals surface area contributed by atoms with E-state index in [1.807, 2.05) is 11.0 Å². The molecule has 2 aromatic heterocycles. The first-order valence-corrected chi connectivity index (χ1v) is 8.89. The van der Waals surface area contributed by atoms with E-state index in [9.17, 15) is 4.79 Å². The van der Waals surface area contributed by atoms with Gasteiger partial charge in [-0.2, -0.15) is 4.98 Å². The Bertz CT molecular complexity index is 712. The summed E-state index contributed by atoms with van der Waals surface area (Å²) in [7, 11) is 0. The van der Waals surface area contributed by atoms with Crippen molar-refractivity contribution >= 4 is 5.91 Å². The molecule has 0 radical (unpaired) electrons. The summed E-state index contributed by atoms with van der Waals surface area (Å²) >= 11 is 0. The number of nitrogens with zero attached hydrogens (tertiary/aromatic N) is 4. The highest BCUT2D eigenvalue weighted by Gasteiger charge is 2.29. The summed E-state index contributed by atoms with van der Waals surface area (Å²) in [5.41, 5.74) is 0.643. The van der Waals surface area contributed by atoms with Crippen LogP contribution in [0.2, 0.25) is 0 Å². The summed E-state index contributed by atoms with van der Waals surface area (Å²) in [4.78, 5) is 23.0. The number of hydrogen-bond acceptors (Lipinski definition) is 6. The summed E-state index contributed by atoms with van der Waals surface area (Å²) in [5, 5.41) is 4.14. The number of aromatic nitrogens is 3. The lowest BCUT2D eigenvalue weighted by Gasteiger charge is -2.18. The Morgan fingerprint density at radius 3 is 2.96 bits per heavy atom. The fourth-order valence-electron chi connectivity index (χ4n) is 3.57. The number of pyridine rings is 1. The molecule has 0 saturated carbocycles. The first-order chi connectivity index (χ1) is 12.3. The minimum Gasteiger partial charge on any atom is -0.381 e. The van der Waals surface area contributed by atoms with E-state index in [4.69, 9.17) is 9.26 Å². The van der Waals surface area contributed by atoms with Gasteiger partial charge in [0.1, 0.15) is 0 Å². The molecule has 0 aromatic carbocycles. The molecule has 1 amide bonds. The average Bonchev–Trinajstić information content (AvgIpc) is 3.33. The Kier molecular flexibility index (Phi) is 4.74. The smallest absolute Gasteiger partial charge is 0.255 e. The zero-order valence-corrected chi connectivity index (χ0v) is 14.1. The van der Waals surface area contributed by atoms with Gasteiger partial charge in [0.15, 0.2) is 5.82 Å². The molecule has 0 N–H and O–H groups in total. The SMILES string of the molecule is O=C(c1cccnc1)N1CCC(Cc2noc(C3CCOCC3)n2)C1. The van der Waals surface area contributed by atoms with Crippen molar-refractivity contribution in [2.75, 3.05) is 26.3 Å². The molecule has 0 bridgehead atoms. The topological polar surface area (TPSA) is 81.4 Å².